The average Bonchev–Trinajstić information content (AvgIpc) is 2.78. The molecule has 1 aromatic carbocycles. The second-order valence-corrected chi connectivity index (χ2v) is 7.07. The highest BCUT2D eigenvalue weighted by Gasteiger charge is 2.29. The van der Waals surface area contributed by atoms with Crippen LogP contribution in [0, 0.1) is 16.0 Å². The maximum Gasteiger partial charge on any atom is 0.270 e. The molecular formula is C21H24N4O5. The molecule has 0 unspecified atom stereocenters. The molecule has 2 aromatic rings. The van der Waals surface area contributed by atoms with Crippen LogP contribution in [-0.4, -0.2) is 53.4 Å². The minimum absolute atomic E-state index is 0.0223. The summed E-state index contributed by atoms with van der Waals surface area (Å²) in [4.78, 5) is 41.6. The molecule has 9 heteroatoms. The van der Waals surface area contributed by atoms with Gasteiger partial charge in [-0.1, -0.05) is 6.07 Å². The number of ether oxygens (including phenoxy) is 1. The molecule has 3 rings (SSSR count). The molecule has 2 amide bonds. The van der Waals surface area contributed by atoms with E-state index in [2.05, 4.69) is 10.3 Å². The number of nitro benzene ring substituents is 1. The second kappa shape index (κ2) is 9.82. The number of nitro groups is 1. The van der Waals surface area contributed by atoms with Gasteiger partial charge in [-0.05, 0) is 31.0 Å². The summed E-state index contributed by atoms with van der Waals surface area (Å²) < 4.78 is 5.19. The van der Waals surface area contributed by atoms with Gasteiger partial charge in [0, 0.05) is 56.0 Å². The highest BCUT2D eigenvalue weighted by Crippen LogP contribution is 2.27. The summed E-state index contributed by atoms with van der Waals surface area (Å²) in [6.07, 6.45) is 3.47. The lowest BCUT2D eigenvalue weighted by molar-refractivity contribution is -0.384. The fraction of sp³-hybridized carbons (Fsp3) is 0.381. The van der Waals surface area contributed by atoms with Crippen LogP contribution in [0.15, 0.2) is 42.6 Å². The second-order valence-electron chi connectivity index (χ2n) is 7.07. The van der Waals surface area contributed by atoms with Gasteiger partial charge in [-0.2, -0.15) is 0 Å². The number of aromatic nitrogens is 1. The molecule has 0 saturated carbocycles. The first kappa shape index (κ1) is 21.2. The minimum atomic E-state index is -0.544. The molecule has 1 aromatic heterocycles. The molecule has 30 heavy (non-hydrogen) atoms. The molecular weight excluding hydrogens is 388 g/mol. The van der Waals surface area contributed by atoms with Crippen LogP contribution in [0.25, 0.3) is 0 Å². The Labute approximate surface area is 174 Å². The highest BCUT2D eigenvalue weighted by atomic mass is 16.6. The summed E-state index contributed by atoms with van der Waals surface area (Å²) in [7, 11) is 1.42. The zero-order chi connectivity index (χ0) is 21.5. The van der Waals surface area contributed by atoms with Gasteiger partial charge in [0.1, 0.15) is 5.75 Å². The normalized spacial score (nSPS) is 14.2. The summed E-state index contributed by atoms with van der Waals surface area (Å²) in [5.41, 5.74) is 0.912. The number of piperidine rings is 1. The third-order valence-electron chi connectivity index (χ3n) is 5.18. The van der Waals surface area contributed by atoms with Gasteiger partial charge in [0.05, 0.1) is 17.6 Å². The Bertz CT molecular complexity index is 911. The first-order valence-electron chi connectivity index (χ1n) is 9.79. The lowest BCUT2D eigenvalue weighted by Crippen LogP contribution is -2.43. The lowest BCUT2D eigenvalue weighted by atomic mass is 9.95. The number of likely N-dealkylation sites (tertiary alicyclic amines) is 1. The molecule has 0 spiro atoms. The van der Waals surface area contributed by atoms with Crippen molar-refractivity contribution >= 4 is 17.5 Å². The van der Waals surface area contributed by atoms with E-state index in [-0.39, 0.29) is 29.0 Å². The number of carbonyl (C=O) groups excluding carboxylic acids is 2. The Hall–Kier alpha value is -3.49. The van der Waals surface area contributed by atoms with Crippen molar-refractivity contribution in [2.75, 3.05) is 26.7 Å². The van der Waals surface area contributed by atoms with Crippen molar-refractivity contribution in [3.63, 3.8) is 0 Å². The number of non-ortho nitro benzene ring substituents is 1. The van der Waals surface area contributed by atoms with Crippen molar-refractivity contribution < 1.29 is 19.2 Å². The number of hydrogen-bond acceptors (Lipinski definition) is 6. The van der Waals surface area contributed by atoms with Crippen LogP contribution in [0.4, 0.5) is 5.69 Å². The SMILES string of the molecule is COc1ccc([N+](=O)[O-])cc1C(=O)N1CCC(C(=O)NCCc2ccccn2)CC1. The zero-order valence-corrected chi connectivity index (χ0v) is 16.7. The number of methoxy groups -OCH3 is 1. The standard InChI is InChI=1S/C21H24N4O5/c1-30-19-6-5-17(25(28)29)14-18(19)21(27)24-12-8-15(9-13-24)20(26)23-11-7-16-4-2-3-10-22-16/h2-6,10,14-15H,7-9,11-13H2,1H3,(H,23,26). The zero-order valence-electron chi connectivity index (χ0n) is 16.7. The van der Waals surface area contributed by atoms with Gasteiger partial charge in [-0.15, -0.1) is 0 Å². The van der Waals surface area contributed by atoms with Crippen molar-refractivity contribution in [3.8, 4) is 5.75 Å². The molecule has 0 radical (unpaired) electrons. The number of nitrogens with one attached hydrogen (secondary N) is 1. The Morgan fingerprint density at radius 1 is 1.27 bits per heavy atom. The van der Waals surface area contributed by atoms with Crippen LogP contribution in [0.1, 0.15) is 28.9 Å². The van der Waals surface area contributed by atoms with Gasteiger partial charge in [0.2, 0.25) is 5.91 Å². The largest absolute Gasteiger partial charge is 0.496 e. The van der Waals surface area contributed by atoms with E-state index in [1.165, 1.54) is 25.3 Å². The molecule has 9 nitrogen and oxygen atoms in total. The molecule has 1 N–H and O–H groups in total. The van der Waals surface area contributed by atoms with Gasteiger partial charge < -0.3 is 15.0 Å². The number of pyridine rings is 1. The van der Waals surface area contributed by atoms with E-state index in [0.29, 0.717) is 44.6 Å². The van der Waals surface area contributed by atoms with Crippen molar-refractivity contribution in [2.24, 2.45) is 5.92 Å². The molecule has 1 fully saturated rings. The van der Waals surface area contributed by atoms with E-state index < -0.39 is 4.92 Å². The van der Waals surface area contributed by atoms with Crippen LogP contribution in [0.2, 0.25) is 0 Å². The van der Waals surface area contributed by atoms with Crippen LogP contribution < -0.4 is 10.1 Å². The predicted octanol–water partition coefficient (Wildman–Crippen LogP) is 2.21. The van der Waals surface area contributed by atoms with Crippen molar-refractivity contribution in [1.29, 1.82) is 0 Å². The number of rotatable bonds is 7. The average molecular weight is 412 g/mol. The highest BCUT2D eigenvalue weighted by molar-refractivity contribution is 5.97. The van der Waals surface area contributed by atoms with Crippen molar-refractivity contribution in [1.82, 2.24) is 15.2 Å². The van der Waals surface area contributed by atoms with Crippen LogP contribution >= 0.6 is 0 Å². The minimum Gasteiger partial charge on any atom is -0.496 e. The predicted molar refractivity (Wildman–Crippen MR) is 109 cm³/mol. The topological polar surface area (TPSA) is 115 Å². The molecule has 158 valence electrons. The van der Waals surface area contributed by atoms with Gasteiger partial charge >= 0.3 is 0 Å². The van der Waals surface area contributed by atoms with Crippen molar-refractivity contribution in [3.05, 3.63) is 64.0 Å². The van der Waals surface area contributed by atoms with Crippen LogP contribution in [-0.2, 0) is 11.2 Å². The summed E-state index contributed by atoms with van der Waals surface area (Å²) in [5.74, 6) is -0.222. The first-order valence-corrected chi connectivity index (χ1v) is 9.79. The Morgan fingerprint density at radius 2 is 2.03 bits per heavy atom. The Morgan fingerprint density at radius 3 is 2.67 bits per heavy atom. The lowest BCUT2D eigenvalue weighted by Gasteiger charge is -2.31. The molecule has 1 saturated heterocycles. The fourth-order valence-electron chi connectivity index (χ4n) is 3.50. The number of carbonyl (C=O) groups is 2. The fourth-order valence-corrected chi connectivity index (χ4v) is 3.50. The van der Waals surface area contributed by atoms with E-state index in [0.717, 1.165) is 5.69 Å². The third-order valence-corrected chi connectivity index (χ3v) is 5.18. The summed E-state index contributed by atoms with van der Waals surface area (Å²) in [5, 5.41) is 14.0. The summed E-state index contributed by atoms with van der Waals surface area (Å²) in [6, 6.07) is 9.63. The first-order chi connectivity index (χ1) is 14.5. The maximum absolute atomic E-state index is 12.9. The molecule has 1 aliphatic rings. The molecule has 2 heterocycles. The molecule has 0 bridgehead atoms. The smallest absolute Gasteiger partial charge is 0.270 e. The Kier molecular flexibility index (Phi) is 6.95. The monoisotopic (exact) mass is 412 g/mol. The quantitative estimate of drug-likeness (QED) is 0.551. The molecule has 0 aliphatic carbocycles. The van der Waals surface area contributed by atoms with Gasteiger partial charge in [0.25, 0.3) is 11.6 Å². The molecule has 0 atom stereocenters. The van der Waals surface area contributed by atoms with Crippen LogP contribution in [0.3, 0.4) is 0 Å². The Balaban J connectivity index is 1.53. The van der Waals surface area contributed by atoms with Crippen molar-refractivity contribution in [2.45, 2.75) is 19.3 Å². The number of hydrogen-bond donors (Lipinski definition) is 1. The number of nitrogens with zero attached hydrogens (tertiary/aromatic N) is 3. The van der Waals surface area contributed by atoms with E-state index in [1.54, 1.807) is 11.1 Å². The number of amides is 2. The van der Waals surface area contributed by atoms with Gasteiger partial charge in [-0.25, -0.2) is 0 Å². The molecule has 1 aliphatic heterocycles. The number of benzene rings is 1. The summed E-state index contributed by atoms with van der Waals surface area (Å²) >= 11 is 0. The van der Waals surface area contributed by atoms with Gasteiger partial charge in [0.15, 0.2) is 0 Å². The summed E-state index contributed by atoms with van der Waals surface area (Å²) in [6.45, 7) is 1.33. The van der Waals surface area contributed by atoms with Gasteiger partial charge in [-0.3, -0.25) is 24.7 Å². The van der Waals surface area contributed by atoms with E-state index in [9.17, 15) is 19.7 Å². The third kappa shape index (κ3) is 5.11. The van der Waals surface area contributed by atoms with E-state index in [4.69, 9.17) is 4.74 Å². The van der Waals surface area contributed by atoms with Crippen LogP contribution in [0.5, 0.6) is 5.75 Å². The van der Waals surface area contributed by atoms with E-state index in [1.807, 2.05) is 18.2 Å². The maximum atomic E-state index is 12.9. The van der Waals surface area contributed by atoms with E-state index >= 15 is 0 Å².